The first kappa shape index (κ1) is 16.6. The highest BCUT2D eigenvalue weighted by Gasteiger charge is 2.16. The van der Waals surface area contributed by atoms with Crippen LogP contribution >= 0.6 is 15.9 Å². The molecule has 1 aromatic carbocycles. The number of rotatable bonds is 6. The highest BCUT2D eigenvalue weighted by Crippen LogP contribution is 2.29. The fourth-order valence-corrected chi connectivity index (χ4v) is 3.34. The fourth-order valence-electron chi connectivity index (χ4n) is 2.09. The van der Waals surface area contributed by atoms with Gasteiger partial charge in [0.1, 0.15) is 12.5 Å². The minimum atomic E-state index is -1.11. The van der Waals surface area contributed by atoms with Gasteiger partial charge in [-0.05, 0) is 28.0 Å². The number of nitrogens with zero attached hydrogens (tertiary/aromatic N) is 2. The Balaban J connectivity index is 2.21. The quantitative estimate of drug-likeness (QED) is 0.620. The first-order chi connectivity index (χ1) is 9.83. The number of fused-ring (bicyclic) bond motifs is 1. The van der Waals surface area contributed by atoms with Gasteiger partial charge in [0, 0.05) is 36.6 Å². The SMILES string of the molecule is C[Si](C)(C)CCOCn1ncc2c(Br)cc(F)c(CN)c21. The van der Waals surface area contributed by atoms with Crippen molar-refractivity contribution in [2.24, 2.45) is 5.73 Å². The van der Waals surface area contributed by atoms with E-state index in [1.165, 1.54) is 6.07 Å². The summed E-state index contributed by atoms with van der Waals surface area (Å²) in [6.45, 7) is 8.06. The minimum absolute atomic E-state index is 0.135. The third-order valence-electron chi connectivity index (χ3n) is 3.34. The van der Waals surface area contributed by atoms with Gasteiger partial charge in [-0.25, -0.2) is 9.07 Å². The summed E-state index contributed by atoms with van der Waals surface area (Å²) in [6, 6.07) is 2.52. The summed E-state index contributed by atoms with van der Waals surface area (Å²) in [6.07, 6.45) is 1.71. The number of nitrogens with two attached hydrogens (primary N) is 1. The second kappa shape index (κ2) is 6.56. The highest BCUT2D eigenvalue weighted by atomic mass is 79.9. The number of benzene rings is 1. The van der Waals surface area contributed by atoms with Gasteiger partial charge >= 0.3 is 0 Å². The summed E-state index contributed by atoms with van der Waals surface area (Å²) >= 11 is 3.36. The van der Waals surface area contributed by atoms with Crippen LogP contribution in [0.1, 0.15) is 5.56 Å². The van der Waals surface area contributed by atoms with Crippen LogP contribution in [0, 0.1) is 5.82 Å². The van der Waals surface area contributed by atoms with E-state index in [0.29, 0.717) is 28.9 Å². The predicted octanol–water partition coefficient (Wildman–Crippen LogP) is 3.71. The van der Waals surface area contributed by atoms with Crippen molar-refractivity contribution in [2.75, 3.05) is 6.61 Å². The van der Waals surface area contributed by atoms with Crippen molar-refractivity contribution in [3.05, 3.63) is 28.1 Å². The van der Waals surface area contributed by atoms with E-state index in [9.17, 15) is 4.39 Å². The van der Waals surface area contributed by atoms with Crippen molar-refractivity contribution in [1.29, 1.82) is 0 Å². The number of hydrogen-bond donors (Lipinski definition) is 1. The molecule has 1 aromatic heterocycles. The van der Waals surface area contributed by atoms with E-state index in [2.05, 4.69) is 40.7 Å². The summed E-state index contributed by atoms with van der Waals surface area (Å²) in [4.78, 5) is 0. The molecule has 2 aromatic rings. The molecule has 0 saturated heterocycles. The molecule has 21 heavy (non-hydrogen) atoms. The van der Waals surface area contributed by atoms with Crippen molar-refractivity contribution in [3.8, 4) is 0 Å². The summed E-state index contributed by atoms with van der Waals surface area (Å²) in [7, 11) is -1.11. The zero-order chi connectivity index (χ0) is 15.6. The van der Waals surface area contributed by atoms with E-state index >= 15 is 0 Å². The predicted molar refractivity (Wildman–Crippen MR) is 89.4 cm³/mol. The normalized spacial score (nSPS) is 12.3. The fraction of sp³-hybridized carbons (Fsp3) is 0.500. The summed E-state index contributed by atoms with van der Waals surface area (Å²) in [5.74, 6) is -0.319. The number of ether oxygens (including phenoxy) is 1. The second-order valence-electron chi connectivity index (χ2n) is 6.28. The number of aromatic nitrogens is 2. The molecule has 2 N–H and O–H groups in total. The van der Waals surface area contributed by atoms with Crippen LogP contribution < -0.4 is 5.73 Å². The maximum atomic E-state index is 14.0. The van der Waals surface area contributed by atoms with Gasteiger partial charge in [-0.15, -0.1) is 0 Å². The highest BCUT2D eigenvalue weighted by molar-refractivity contribution is 9.10. The molecule has 1 heterocycles. The third-order valence-corrected chi connectivity index (χ3v) is 5.70. The van der Waals surface area contributed by atoms with Gasteiger partial charge < -0.3 is 10.5 Å². The molecule has 7 heteroatoms. The van der Waals surface area contributed by atoms with E-state index in [4.69, 9.17) is 10.5 Å². The molecule has 0 fully saturated rings. The van der Waals surface area contributed by atoms with E-state index in [-0.39, 0.29) is 12.4 Å². The molecule has 0 atom stereocenters. The van der Waals surface area contributed by atoms with E-state index in [0.717, 1.165) is 11.4 Å². The first-order valence-corrected chi connectivity index (χ1v) is 11.4. The average Bonchev–Trinajstić information content (AvgIpc) is 2.78. The zero-order valence-electron chi connectivity index (χ0n) is 12.6. The Hall–Kier alpha value is -0.763. The lowest BCUT2D eigenvalue weighted by molar-refractivity contribution is 0.0816. The molecule has 0 aliphatic rings. The Morgan fingerprint density at radius 3 is 2.76 bits per heavy atom. The van der Waals surface area contributed by atoms with E-state index in [1.54, 1.807) is 10.9 Å². The molecule has 0 amide bonds. The Morgan fingerprint density at radius 1 is 1.43 bits per heavy atom. The van der Waals surface area contributed by atoms with Crippen molar-refractivity contribution < 1.29 is 9.13 Å². The van der Waals surface area contributed by atoms with Gasteiger partial charge in [0.15, 0.2) is 0 Å². The molecule has 0 unspecified atom stereocenters. The summed E-state index contributed by atoms with van der Waals surface area (Å²) in [5.41, 5.74) is 6.85. The van der Waals surface area contributed by atoms with Crippen LogP contribution in [0.2, 0.25) is 25.7 Å². The third kappa shape index (κ3) is 3.91. The standard InChI is InChI=1S/C14H21BrFN3OSi/c1-21(2,3)5-4-20-9-19-14-10(7-17)13(16)6-12(15)11(14)8-18-19/h6,8H,4-5,7,9,17H2,1-3H3. The molecule has 0 radical (unpaired) electrons. The topological polar surface area (TPSA) is 53.1 Å². The van der Waals surface area contributed by atoms with Gasteiger partial charge in [0.05, 0.1) is 11.7 Å². The molecule has 116 valence electrons. The number of hydrogen-bond acceptors (Lipinski definition) is 3. The van der Waals surface area contributed by atoms with Crippen LogP contribution in [-0.4, -0.2) is 24.5 Å². The average molecular weight is 374 g/mol. The van der Waals surface area contributed by atoms with Crippen molar-refractivity contribution in [2.45, 2.75) is 39.0 Å². The second-order valence-corrected chi connectivity index (χ2v) is 12.8. The van der Waals surface area contributed by atoms with Gasteiger partial charge in [-0.1, -0.05) is 19.6 Å². The molecule has 2 rings (SSSR count). The van der Waals surface area contributed by atoms with E-state index in [1.807, 2.05) is 0 Å². The van der Waals surface area contributed by atoms with Gasteiger partial charge in [-0.3, -0.25) is 0 Å². The molecule has 0 aliphatic heterocycles. The van der Waals surface area contributed by atoms with Crippen molar-refractivity contribution in [3.63, 3.8) is 0 Å². The van der Waals surface area contributed by atoms with Crippen molar-refractivity contribution in [1.82, 2.24) is 9.78 Å². The lowest BCUT2D eigenvalue weighted by Gasteiger charge is -2.15. The smallest absolute Gasteiger partial charge is 0.140 e. The van der Waals surface area contributed by atoms with Crippen LogP contribution in [-0.2, 0) is 18.0 Å². The van der Waals surface area contributed by atoms with Gasteiger partial charge in [0.2, 0.25) is 0 Å². The van der Waals surface area contributed by atoms with Crippen molar-refractivity contribution >= 4 is 34.9 Å². The zero-order valence-corrected chi connectivity index (χ0v) is 15.2. The van der Waals surface area contributed by atoms with Gasteiger partial charge in [0.25, 0.3) is 0 Å². The number of halogens is 2. The maximum absolute atomic E-state index is 14.0. The lowest BCUT2D eigenvalue weighted by Crippen LogP contribution is -2.22. The molecule has 4 nitrogen and oxygen atoms in total. The molecule has 0 spiro atoms. The molecule has 0 bridgehead atoms. The van der Waals surface area contributed by atoms with Gasteiger partial charge in [-0.2, -0.15) is 5.10 Å². The first-order valence-electron chi connectivity index (χ1n) is 6.93. The summed E-state index contributed by atoms with van der Waals surface area (Å²) in [5, 5.41) is 5.14. The monoisotopic (exact) mass is 373 g/mol. The van der Waals surface area contributed by atoms with Crippen LogP contribution in [0.4, 0.5) is 4.39 Å². The minimum Gasteiger partial charge on any atom is -0.360 e. The Bertz CT molecular complexity index is 639. The Labute approximate surface area is 133 Å². The van der Waals surface area contributed by atoms with Crippen LogP contribution in [0.3, 0.4) is 0 Å². The van der Waals surface area contributed by atoms with Crippen LogP contribution in [0.15, 0.2) is 16.7 Å². The largest absolute Gasteiger partial charge is 0.360 e. The van der Waals surface area contributed by atoms with Crippen LogP contribution in [0.5, 0.6) is 0 Å². The lowest BCUT2D eigenvalue weighted by atomic mass is 10.1. The van der Waals surface area contributed by atoms with Crippen LogP contribution in [0.25, 0.3) is 10.9 Å². The molecule has 0 saturated carbocycles. The maximum Gasteiger partial charge on any atom is 0.140 e. The van der Waals surface area contributed by atoms with E-state index < -0.39 is 8.07 Å². The summed E-state index contributed by atoms with van der Waals surface area (Å²) < 4.78 is 22.1. The molecule has 0 aliphatic carbocycles. The Kier molecular flexibility index (Phi) is 5.18. The Morgan fingerprint density at radius 2 is 2.14 bits per heavy atom. The molecular formula is C14H21BrFN3OSi. The molecular weight excluding hydrogens is 353 g/mol.